The summed E-state index contributed by atoms with van der Waals surface area (Å²) < 4.78 is 2.10. The predicted molar refractivity (Wildman–Crippen MR) is 187 cm³/mol. The molecular formula is C36H81N3O4. The summed E-state index contributed by atoms with van der Waals surface area (Å²) in [5.74, 6) is -1.08. The number of carbonyl (C=O) groups excluding carboxylic acids is 1. The summed E-state index contributed by atoms with van der Waals surface area (Å²) in [6.45, 7) is 26.2. The summed E-state index contributed by atoms with van der Waals surface area (Å²) in [5.41, 5.74) is 7.08. The van der Waals surface area contributed by atoms with Crippen molar-refractivity contribution in [2.45, 2.75) is 158 Å². The molecule has 0 unspecified atom stereocenters. The van der Waals surface area contributed by atoms with Crippen LogP contribution in [0.15, 0.2) is 0 Å². The molecule has 0 aromatic carbocycles. The number of carboxylic acids is 1. The van der Waals surface area contributed by atoms with E-state index in [0.717, 1.165) is 74.7 Å². The van der Waals surface area contributed by atoms with E-state index in [1.165, 1.54) is 96.3 Å². The van der Waals surface area contributed by atoms with E-state index in [1.54, 1.807) is 0 Å². The first-order valence-corrected chi connectivity index (χ1v) is 18.4. The first-order valence-electron chi connectivity index (χ1n) is 18.4. The summed E-state index contributed by atoms with van der Waals surface area (Å²) in [7, 11) is 0. The number of nitrogens with one attached hydrogen (secondary N) is 1. The van der Waals surface area contributed by atoms with Crippen LogP contribution in [0.5, 0.6) is 0 Å². The van der Waals surface area contributed by atoms with Gasteiger partial charge in [0.15, 0.2) is 0 Å². The maximum absolute atomic E-state index is 8.89. The molecule has 0 aliphatic heterocycles. The van der Waals surface area contributed by atoms with Gasteiger partial charge in [0, 0.05) is 5.97 Å². The Morgan fingerprint density at radius 3 is 0.860 bits per heavy atom. The lowest BCUT2D eigenvalue weighted by Gasteiger charge is -2.34. The zero-order chi connectivity index (χ0) is 33.7. The van der Waals surface area contributed by atoms with Crippen molar-refractivity contribution >= 4 is 5.97 Å². The Hall–Kier alpha value is -0.730. The summed E-state index contributed by atoms with van der Waals surface area (Å²) in [6, 6.07) is 0. The molecule has 0 amide bonds. The second-order valence-corrected chi connectivity index (χ2v) is 12.0. The van der Waals surface area contributed by atoms with Gasteiger partial charge in [-0.2, -0.15) is 6.54 Å². The molecule has 0 aliphatic carbocycles. The molecule has 0 saturated heterocycles. The van der Waals surface area contributed by atoms with Gasteiger partial charge in [-0.1, -0.05) is 110 Å². The summed E-state index contributed by atoms with van der Waals surface area (Å²) in [6.07, 6.45) is 22.5. The number of rotatable bonds is 26. The number of aliphatic carboxylic acids is 1. The van der Waals surface area contributed by atoms with Crippen molar-refractivity contribution in [1.29, 1.82) is 0 Å². The highest BCUT2D eigenvalue weighted by Gasteiger charge is 2.19. The Morgan fingerprint density at radius 2 is 0.721 bits per heavy atom. The van der Waals surface area contributed by atoms with Gasteiger partial charge >= 0.3 is 0 Å². The third kappa shape index (κ3) is 37.4. The number of unbranched alkanes of at least 4 members (excludes halogenated alkanes) is 15. The highest BCUT2D eigenvalue weighted by Crippen LogP contribution is 2.13. The minimum Gasteiger partial charge on any atom is -0.677 e. The lowest BCUT2D eigenvalue weighted by atomic mass is 10.0. The van der Waals surface area contributed by atoms with Gasteiger partial charge in [0.05, 0.1) is 52.5 Å². The van der Waals surface area contributed by atoms with Crippen molar-refractivity contribution in [3.05, 3.63) is 5.73 Å². The van der Waals surface area contributed by atoms with E-state index in [-0.39, 0.29) is 0 Å². The molecule has 0 spiro atoms. The fraction of sp³-hybridized carbons (Fsp3) is 0.972. The van der Waals surface area contributed by atoms with E-state index < -0.39 is 5.97 Å². The zero-order valence-electron chi connectivity index (χ0n) is 30.7. The van der Waals surface area contributed by atoms with Crippen LogP contribution in [-0.2, 0) is 4.79 Å². The van der Waals surface area contributed by atoms with E-state index >= 15 is 0 Å². The minimum absolute atomic E-state index is 0.315. The lowest BCUT2D eigenvalue weighted by molar-refractivity contribution is -0.923. The second kappa shape index (κ2) is 39.3. The number of quaternary nitrogens is 2. The molecule has 0 aliphatic rings. The molecular weight excluding hydrogens is 538 g/mol. The van der Waals surface area contributed by atoms with E-state index in [4.69, 9.17) is 25.8 Å². The average molecular weight is 620 g/mol. The molecule has 0 bridgehead atoms. The monoisotopic (exact) mass is 620 g/mol. The molecule has 43 heavy (non-hydrogen) atoms. The zero-order valence-corrected chi connectivity index (χ0v) is 30.7. The van der Waals surface area contributed by atoms with Crippen molar-refractivity contribution in [3.8, 4) is 0 Å². The number of carbonyl (C=O) groups is 1. The first kappa shape index (κ1) is 49.2. The number of aliphatic hydroxyl groups is 2. The number of hydrogen-bond donors (Lipinski definition) is 2. The van der Waals surface area contributed by atoms with Crippen LogP contribution in [0.1, 0.15) is 158 Å². The molecule has 264 valence electrons. The Balaban J connectivity index is -0.000000268. The lowest BCUT2D eigenvalue weighted by Crippen LogP contribution is -2.49. The third-order valence-electron chi connectivity index (χ3n) is 9.20. The maximum Gasteiger partial charge on any atom is 0.102 e. The fourth-order valence-electron chi connectivity index (χ4n) is 5.39. The van der Waals surface area contributed by atoms with E-state index in [2.05, 4.69) is 48.5 Å². The van der Waals surface area contributed by atoms with E-state index in [0.29, 0.717) is 19.8 Å². The number of aliphatic hydroxyl groups excluding tert-OH is 2. The van der Waals surface area contributed by atoms with Crippen molar-refractivity contribution < 1.29 is 29.1 Å². The van der Waals surface area contributed by atoms with Gasteiger partial charge < -0.3 is 34.8 Å². The highest BCUT2D eigenvalue weighted by atomic mass is 16.4. The SMILES string of the molecule is CC(=O)[O-].CCCCCCCCCCCCCCCCCC[NH-].CC[N+](CC)(CC)CCO.CC[N+](CC)(CC)CCO. The summed E-state index contributed by atoms with van der Waals surface area (Å²) >= 11 is 0. The van der Waals surface area contributed by atoms with Crippen molar-refractivity contribution in [2.75, 3.05) is 72.1 Å². The van der Waals surface area contributed by atoms with Crippen molar-refractivity contribution in [2.24, 2.45) is 0 Å². The van der Waals surface area contributed by atoms with Crippen molar-refractivity contribution in [1.82, 2.24) is 0 Å². The topological polar surface area (TPSA) is 104 Å². The van der Waals surface area contributed by atoms with Gasteiger partial charge in [-0.05, 0) is 48.5 Å². The van der Waals surface area contributed by atoms with Gasteiger partial charge in [0.25, 0.3) is 0 Å². The fourth-order valence-corrected chi connectivity index (χ4v) is 5.39. The van der Waals surface area contributed by atoms with Crippen LogP contribution in [0.4, 0.5) is 0 Å². The Kier molecular flexibility index (Phi) is 44.9. The molecule has 7 nitrogen and oxygen atoms in total. The van der Waals surface area contributed by atoms with Crippen LogP contribution in [0.3, 0.4) is 0 Å². The second-order valence-electron chi connectivity index (χ2n) is 12.0. The normalized spacial score (nSPS) is 11.0. The number of nitrogens with zero attached hydrogens (tertiary/aromatic N) is 2. The standard InChI is InChI=1S/C18H38N.2C8H20NO.C2H4O2/c1-2-3-4-5-6-7-8-9-10-11-12-13-14-15-16-17-18-19;2*1-4-9(5-2,6-3)7-8-10;1-2(3)4/h19H,2-18H2,1H3;2*10H,4-8H2,1-3H3;1H3,(H,3,4)/q-1;2*+1;/p-1. The molecule has 3 N–H and O–H groups in total. The van der Waals surface area contributed by atoms with Crippen LogP contribution in [0, 0.1) is 0 Å². The Labute approximate surface area is 270 Å². The molecule has 0 saturated carbocycles. The smallest absolute Gasteiger partial charge is 0.102 e. The van der Waals surface area contributed by atoms with Gasteiger partial charge in [0.2, 0.25) is 0 Å². The largest absolute Gasteiger partial charge is 0.677 e. The molecule has 0 rings (SSSR count). The minimum atomic E-state index is -1.08. The molecule has 0 heterocycles. The quantitative estimate of drug-likeness (QED) is 0.0762. The maximum atomic E-state index is 8.89. The molecule has 0 fully saturated rings. The van der Waals surface area contributed by atoms with Crippen LogP contribution in [0.2, 0.25) is 0 Å². The van der Waals surface area contributed by atoms with E-state index in [9.17, 15) is 0 Å². The number of hydrogen-bond acceptors (Lipinski definition) is 4. The Morgan fingerprint density at radius 1 is 0.512 bits per heavy atom. The van der Waals surface area contributed by atoms with Gasteiger partial charge in [0.1, 0.15) is 13.1 Å². The summed E-state index contributed by atoms with van der Waals surface area (Å²) in [4.78, 5) is 8.89. The molecule has 0 atom stereocenters. The van der Waals surface area contributed by atoms with Crippen LogP contribution in [0.25, 0.3) is 5.73 Å². The van der Waals surface area contributed by atoms with E-state index in [1.807, 2.05) is 0 Å². The van der Waals surface area contributed by atoms with Gasteiger partial charge in [-0.25, -0.2) is 0 Å². The van der Waals surface area contributed by atoms with Gasteiger partial charge in [-0.3, -0.25) is 0 Å². The highest BCUT2D eigenvalue weighted by molar-refractivity contribution is 5.60. The van der Waals surface area contributed by atoms with Gasteiger partial charge in [-0.15, -0.1) is 0 Å². The van der Waals surface area contributed by atoms with Crippen molar-refractivity contribution in [3.63, 3.8) is 0 Å². The molecule has 0 radical (unpaired) electrons. The van der Waals surface area contributed by atoms with Crippen LogP contribution >= 0.6 is 0 Å². The average Bonchev–Trinajstić information content (AvgIpc) is 3.01. The predicted octanol–water partition coefficient (Wildman–Crippen LogP) is 7.77. The van der Waals surface area contributed by atoms with Crippen LogP contribution < -0.4 is 5.11 Å². The number of likely N-dealkylation sites (N-methyl/N-ethyl adjacent to an activating group) is 2. The third-order valence-corrected chi connectivity index (χ3v) is 9.20. The molecule has 0 aromatic heterocycles. The summed E-state index contributed by atoms with van der Waals surface area (Å²) in [5, 5.41) is 26.4. The molecule has 7 heteroatoms. The molecule has 0 aromatic rings. The first-order chi connectivity index (χ1) is 20.6. The number of carboxylic acid groups (broad SMARTS) is 1. The Bertz CT molecular complexity index is 454. The van der Waals surface area contributed by atoms with Crippen LogP contribution in [-0.4, -0.2) is 97.3 Å².